The number of carbonyl (C=O) groups is 1. The molecule has 23 heavy (non-hydrogen) atoms. The molecule has 3 aromatic rings. The number of amides is 1. The number of para-hydroxylation sites is 1. The minimum Gasteiger partial charge on any atom is -0.312 e. The lowest BCUT2D eigenvalue weighted by Gasteiger charge is -2.15. The van der Waals surface area contributed by atoms with Gasteiger partial charge in [0, 0.05) is 24.9 Å². The Kier molecular flexibility index (Phi) is 4.16. The van der Waals surface area contributed by atoms with E-state index < -0.39 is 11.6 Å². The molecule has 3 nitrogen and oxygen atoms in total. The number of aromatic nitrogens is 1. The van der Waals surface area contributed by atoms with Gasteiger partial charge in [-0.05, 0) is 30.3 Å². The zero-order chi connectivity index (χ0) is 16.4. The lowest BCUT2D eigenvalue weighted by atomic mass is 10.2. The predicted octanol–water partition coefficient (Wildman–Crippen LogP) is 4.25. The fourth-order valence-electron chi connectivity index (χ4n) is 2.04. The summed E-state index contributed by atoms with van der Waals surface area (Å²) in [5, 5.41) is 0.707. The number of thiazole rings is 1. The van der Waals surface area contributed by atoms with E-state index in [1.807, 2.05) is 24.3 Å². The smallest absolute Gasteiger partial charge is 0.250 e. The predicted molar refractivity (Wildman–Crippen MR) is 88.4 cm³/mol. The quantitative estimate of drug-likeness (QED) is 0.673. The van der Waals surface area contributed by atoms with Crippen molar-refractivity contribution in [1.29, 1.82) is 0 Å². The van der Waals surface area contributed by atoms with Crippen molar-refractivity contribution in [3.8, 4) is 0 Å². The SMILES string of the molecule is CN(C(=O)/C=C/c1nc2ccccc2s1)c1ccc(F)c(F)c1. The number of carbonyl (C=O) groups excluding carboxylic acids is 1. The number of fused-ring (bicyclic) bond motifs is 1. The van der Waals surface area contributed by atoms with Crippen molar-refractivity contribution in [2.45, 2.75) is 0 Å². The van der Waals surface area contributed by atoms with E-state index in [0.29, 0.717) is 5.01 Å². The highest BCUT2D eigenvalue weighted by molar-refractivity contribution is 7.19. The van der Waals surface area contributed by atoms with Crippen LogP contribution in [0.1, 0.15) is 5.01 Å². The molecule has 0 bridgehead atoms. The lowest BCUT2D eigenvalue weighted by Crippen LogP contribution is -2.24. The molecule has 0 N–H and O–H groups in total. The van der Waals surface area contributed by atoms with Gasteiger partial charge in [-0.2, -0.15) is 0 Å². The summed E-state index contributed by atoms with van der Waals surface area (Å²) in [6.07, 6.45) is 2.97. The Bertz CT molecular complexity index is 871. The van der Waals surface area contributed by atoms with Crippen LogP contribution in [0.25, 0.3) is 16.3 Å². The molecule has 0 atom stereocenters. The highest BCUT2D eigenvalue weighted by Gasteiger charge is 2.11. The van der Waals surface area contributed by atoms with Gasteiger partial charge in [0.2, 0.25) is 0 Å². The fourth-order valence-corrected chi connectivity index (χ4v) is 2.91. The lowest BCUT2D eigenvalue weighted by molar-refractivity contribution is -0.113. The van der Waals surface area contributed by atoms with Crippen LogP contribution in [0.3, 0.4) is 0 Å². The van der Waals surface area contributed by atoms with Crippen LogP contribution in [-0.4, -0.2) is 17.9 Å². The number of anilines is 1. The van der Waals surface area contributed by atoms with Gasteiger partial charge >= 0.3 is 0 Å². The molecule has 0 aliphatic carbocycles. The van der Waals surface area contributed by atoms with Crippen molar-refractivity contribution in [1.82, 2.24) is 4.98 Å². The third-order valence-electron chi connectivity index (χ3n) is 3.30. The Morgan fingerprint density at radius 2 is 1.96 bits per heavy atom. The van der Waals surface area contributed by atoms with Crippen LogP contribution in [0.2, 0.25) is 0 Å². The zero-order valence-electron chi connectivity index (χ0n) is 12.2. The second-order valence-electron chi connectivity index (χ2n) is 4.85. The summed E-state index contributed by atoms with van der Waals surface area (Å²) in [5.74, 6) is -2.29. The third kappa shape index (κ3) is 3.27. The summed E-state index contributed by atoms with van der Waals surface area (Å²) in [5.41, 5.74) is 1.15. The topological polar surface area (TPSA) is 33.2 Å². The maximum Gasteiger partial charge on any atom is 0.250 e. The van der Waals surface area contributed by atoms with Gasteiger partial charge in [-0.1, -0.05) is 12.1 Å². The first kappa shape index (κ1) is 15.3. The molecule has 0 saturated carbocycles. The van der Waals surface area contributed by atoms with Crippen LogP contribution in [0, 0.1) is 11.6 Å². The van der Waals surface area contributed by atoms with Gasteiger partial charge in [-0.3, -0.25) is 4.79 Å². The van der Waals surface area contributed by atoms with Gasteiger partial charge in [0.05, 0.1) is 10.2 Å². The Morgan fingerprint density at radius 3 is 2.70 bits per heavy atom. The number of nitrogens with zero attached hydrogens (tertiary/aromatic N) is 2. The Hall–Kier alpha value is -2.60. The van der Waals surface area contributed by atoms with E-state index in [1.54, 1.807) is 6.08 Å². The average Bonchev–Trinajstić information content (AvgIpc) is 2.97. The third-order valence-corrected chi connectivity index (χ3v) is 4.30. The first-order valence-electron chi connectivity index (χ1n) is 6.81. The summed E-state index contributed by atoms with van der Waals surface area (Å²) >= 11 is 1.47. The molecule has 1 heterocycles. The van der Waals surface area contributed by atoms with Crippen molar-refractivity contribution < 1.29 is 13.6 Å². The second kappa shape index (κ2) is 6.26. The Labute approximate surface area is 135 Å². The van der Waals surface area contributed by atoms with Gasteiger partial charge in [0.1, 0.15) is 5.01 Å². The van der Waals surface area contributed by atoms with E-state index in [9.17, 15) is 13.6 Å². The van der Waals surface area contributed by atoms with Gasteiger partial charge in [0.15, 0.2) is 11.6 Å². The minimum absolute atomic E-state index is 0.280. The summed E-state index contributed by atoms with van der Waals surface area (Å²) in [6, 6.07) is 11.0. The standard InChI is InChI=1S/C17H12F2N2OS/c1-21(11-6-7-12(18)13(19)10-11)17(22)9-8-16-20-14-4-2-3-5-15(14)23-16/h2-10H,1H3/b9-8+. The van der Waals surface area contributed by atoms with Gasteiger partial charge < -0.3 is 4.90 Å². The summed E-state index contributed by atoms with van der Waals surface area (Å²) in [6.45, 7) is 0. The molecule has 0 unspecified atom stereocenters. The van der Waals surface area contributed by atoms with E-state index in [4.69, 9.17) is 0 Å². The van der Waals surface area contributed by atoms with E-state index in [1.165, 1.54) is 35.4 Å². The van der Waals surface area contributed by atoms with Crippen molar-refractivity contribution in [2.75, 3.05) is 11.9 Å². The highest BCUT2D eigenvalue weighted by Crippen LogP contribution is 2.23. The van der Waals surface area contributed by atoms with Crippen molar-refractivity contribution >= 4 is 39.2 Å². The minimum atomic E-state index is -0.989. The second-order valence-corrected chi connectivity index (χ2v) is 5.91. The molecule has 116 valence electrons. The molecule has 0 fully saturated rings. The normalized spacial score (nSPS) is 11.3. The Morgan fingerprint density at radius 1 is 1.17 bits per heavy atom. The van der Waals surface area contributed by atoms with Crippen molar-refractivity contribution in [3.05, 3.63) is 65.2 Å². The number of benzene rings is 2. The van der Waals surface area contributed by atoms with Gasteiger partial charge in [-0.25, -0.2) is 13.8 Å². The summed E-state index contributed by atoms with van der Waals surface area (Å²) in [4.78, 5) is 17.8. The molecule has 0 spiro atoms. The number of halogens is 2. The first-order chi connectivity index (χ1) is 11.0. The zero-order valence-corrected chi connectivity index (χ0v) is 13.0. The molecule has 0 aliphatic rings. The molecule has 2 aromatic carbocycles. The van der Waals surface area contributed by atoms with Gasteiger partial charge in [-0.15, -0.1) is 11.3 Å². The highest BCUT2D eigenvalue weighted by atomic mass is 32.1. The molecule has 0 radical (unpaired) electrons. The summed E-state index contributed by atoms with van der Waals surface area (Å²) < 4.78 is 27.2. The average molecular weight is 330 g/mol. The number of likely N-dealkylation sites (N-methyl/N-ethyl adjacent to an activating group) is 1. The van der Waals surface area contributed by atoms with Crippen LogP contribution in [-0.2, 0) is 4.79 Å². The Balaban J connectivity index is 1.78. The molecule has 1 amide bonds. The van der Waals surface area contributed by atoms with E-state index in [-0.39, 0.29) is 11.6 Å². The number of rotatable bonds is 3. The van der Waals surface area contributed by atoms with Crippen LogP contribution in [0.5, 0.6) is 0 Å². The molecule has 1 aromatic heterocycles. The van der Waals surface area contributed by atoms with Crippen LogP contribution >= 0.6 is 11.3 Å². The molecule has 0 aliphatic heterocycles. The van der Waals surface area contributed by atoms with E-state index in [2.05, 4.69) is 4.98 Å². The van der Waals surface area contributed by atoms with E-state index >= 15 is 0 Å². The number of hydrogen-bond acceptors (Lipinski definition) is 3. The number of hydrogen-bond donors (Lipinski definition) is 0. The molecule has 3 rings (SSSR count). The largest absolute Gasteiger partial charge is 0.312 e. The monoisotopic (exact) mass is 330 g/mol. The van der Waals surface area contributed by atoms with Crippen LogP contribution in [0.4, 0.5) is 14.5 Å². The summed E-state index contributed by atoms with van der Waals surface area (Å²) in [7, 11) is 1.50. The van der Waals surface area contributed by atoms with Crippen molar-refractivity contribution in [3.63, 3.8) is 0 Å². The molecule has 0 saturated heterocycles. The molecular weight excluding hydrogens is 318 g/mol. The first-order valence-corrected chi connectivity index (χ1v) is 7.62. The van der Waals surface area contributed by atoms with Crippen LogP contribution < -0.4 is 4.90 Å². The maximum absolute atomic E-state index is 13.2. The van der Waals surface area contributed by atoms with Crippen LogP contribution in [0.15, 0.2) is 48.5 Å². The van der Waals surface area contributed by atoms with Crippen molar-refractivity contribution in [2.24, 2.45) is 0 Å². The van der Waals surface area contributed by atoms with Gasteiger partial charge in [0.25, 0.3) is 5.91 Å². The maximum atomic E-state index is 13.2. The van der Waals surface area contributed by atoms with E-state index in [0.717, 1.165) is 22.3 Å². The molecule has 6 heteroatoms. The molecular formula is C17H12F2N2OS. The fraction of sp³-hybridized carbons (Fsp3) is 0.0588.